The molecule has 20 heavy (non-hydrogen) atoms. The van der Waals surface area contributed by atoms with Gasteiger partial charge in [-0.05, 0) is 10.9 Å². The number of carboxylic acid groups (broad SMARTS) is 1. The van der Waals surface area contributed by atoms with Gasteiger partial charge in [0.1, 0.15) is 0 Å². The summed E-state index contributed by atoms with van der Waals surface area (Å²) in [5, 5.41) is 11.1. The van der Waals surface area contributed by atoms with Gasteiger partial charge >= 0.3 is 5.97 Å². The van der Waals surface area contributed by atoms with E-state index in [9.17, 15) is 4.79 Å². The second kappa shape index (κ2) is 6.98. The Kier molecular flexibility index (Phi) is 5.03. The molecular formula is C15H18N2O3. The van der Waals surface area contributed by atoms with Crippen LogP contribution < -0.4 is 0 Å². The summed E-state index contributed by atoms with van der Waals surface area (Å²) in [6.45, 7) is 1.62. The Morgan fingerprint density at radius 3 is 2.90 bits per heavy atom. The lowest BCUT2D eigenvalue weighted by atomic mass is 10.1. The molecule has 1 aromatic heterocycles. The molecule has 2 aromatic rings. The van der Waals surface area contributed by atoms with E-state index in [0.29, 0.717) is 19.7 Å². The quantitative estimate of drug-likeness (QED) is 0.833. The van der Waals surface area contributed by atoms with Gasteiger partial charge in [0.2, 0.25) is 0 Å². The molecule has 0 amide bonds. The molecule has 0 aliphatic carbocycles. The molecule has 0 aliphatic rings. The molecule has 0 saturated heterocycles. The Hall–Kier alpha value is -1.98. The first-order valence-electron chi connectivity index (χ1n) is 6.45. The number of pyridine rings is 1. The predicted molar refractivity (Wildman–Crippen MR) is 76.5 cm³/mol. The van der Waals surface area contributed by atoms with Crippen LogP contribution in [0.25, 0.3) is 10.8 Å². The van der Waals surface area contributed by atoms with Gasteiger partial charge in [0.15, 0.2) is 0 Å². The number of carbonyl (C=O) groups is 1. The number of methoxy groups -OCH3 is 1. The summed E-state index contributed by atoms with van der Waals surface area (Å²) in [7, 11) is 1.61. The van der Waals surface area contributed by atoms with E-state index >= 15 is 0 Å². The maximum absolute atomic E-state index is 10.9. The van der Waals surface area contributed by atoms with Gasteiger partial charge in [-0.3, -0.25) is 14.7 Å². The largest absolute Gasteiger partial charge is 0.480 e. The van der Waals surface area contributed by atoms with Gasteiger partial charge in [-0.15, -0.1) is 0 Å². The molecule has 0 unspecified atom stereocenters. The topological polar surface area (TPSA) is 62.7 Å². The van der Waals surface area contributed by atoms with Crippen molar-refractivity contribution >= 4 is 16.7 Å². The fourth-order valence-corrected chi connectivity index (χ4v) is 2.17. The summed E-state index contributed by atoms with van der Waals surface area (Å²) >= 11 is 0. The van der Waals surface area contributed by atoms with Crippen LogP contribution in [0.4, 0.5) is 0 Å². The van der Waals surface area contributed by atoms with Gasteiger partial charge in [0.25, 0.3) is 0 Å². The molecule has 0 bridgehead atoms. The number of aliphatic carboxylic acids is 1. The second-order valence-electron chi connectivity index (χ2n) is 4.62. The molecule has 1 aromatic carbocycles. The Morgan fingerprint density at radius 2 is 2.15 bits per heavy atom. The van der Waals surface area contributed by atoms with Gasteiger partial charge in [-0.25, -0.2) is 0 Å². The summed E-state index contributed by atoms with van der Waals surface area (Å²) in [6, 6.07) is 7.97. The number of rotatable bonds is 7. The number of carboxylic acids is 1. The highest BCUT2D eigenvalue weighted by molar-refractivity contribution is 5.84. The zero-order valence-corrected chi connectivity index (χ0v) is 11.5. The molecule has 106 valence electrons. The number of benzene rings is 1. The van der Waals surface area contributed by atoms with Gasteiger partial charge in [-0.2, -0.15) is 0 Å². The van der Waals surface area contributed by atoms with Crippen LogP contribution >= 0.6 is 0 Å². The van der Waals surface area contributed by atoms with Crippen molar-refractivity contribution in [3.05, 3.63) is 42.2 Å². The minimum absolute atomic E-state index is 0.00736. The highest BCUT2D eigenvalue weighted by Gasteiger charge is 2.12. The van der Waals surface area contributed by atoms with Crippen molar-refractivity contribution in [2.75, 3.05) is 26.8 Å². The summed E-state index contributed by atoms with van der Waals surface area (Å²) in [5.41, 5.74) is 1.03. The van der Waals surface area contributed by atoms with E-state index < -0.39 is 5.97 Å². The standard InChI is InChI=1S/C15H18N2O3/c1-20-7-6-17(11-15(18)19)10-13-9-16-8-12-4-2-3-5-14(12)13/h2-5,8-9H,6-7,10-11H2,1H3,(H,18,19). The van der Waals surface area contributed by atoms with Crippen molar-refractivity contribution in [2.24, 2.45) is 0 Å². The van der Waals surface area contributed by atoms with Gasteiger partial charge in [-0.1, -0.05) is 24.3 Å². The lowest BCUT2D eigenvalue weighted by Crippen LogP contribution is -2.32. The molecule has 2 rings (SSSR count). The number of fused-ring (bicyclic) bond motifs is 1. The average molecular weight is 274 g/mol. The van der Waals surface area contributed by atoms with E-state index in [4.69, 9.17) is 9.84 Å². The first kappa shape index (κ1) is 14.4. The Bertz CT molecular complexity index is 581. The van der Waals surface area contributed by atoms with E-state index in [1.165, 1.54) is 0 Å². The molecule has 0 aliphatic heterocycles. The molecule has 0 atom stereocenters. The molecule has 0 saturated carbocycles. The third-order valence-electron chi connectivity index (χ3n) is 3.12. The zero-order valence-electron chi connectivity index (χ0n) is 11.5. The van der Waals surface area contributed by atoms with Crippen molar-refractivity contribution in [3.63, 3.8) is 0 Å². The van der Waals surface area contributed by atoms with Crippen LogP contribution in [0, 0.1) is 0 Å². The van der Waals surface area contributed by atoms with Crippen molar-refractivity contribution in [1.29, 1.82) is 0 Å². The first-order chi connectivity index (χ1) is 9.70. The minimum atomic E-state index is -0.839. The van der Waals surface area contributed by atoms with Gasteiger partial charge in [0.05, 0.1) is 13.2 Å². The van der Waals surface area contributed by atoms with E-state index in [1.807, 2.05) is 35.4 Å². The van der Waals surface area contributed by atoms with Gasteiger partial charge < -0.3 is 9.84 Å². The van der Waals surface area contributed by atoms with E-state index in [2.05, 4.69) is 4.98 Å². The monoisotopic (exact) mass is 274 g/mol. The second-order valence-corrected chi connectivity index (χ2v) is 4.62. The van der Waals surface area contributed by atoms with Crippen LogP contribution in [0.15, 0.2) is 36.7 Å². The van der Waals surface area contributed by atoms with Gasteiger partial charge in [0, 0.05) is 38.0 Å². The molecule has 5 nitrogen and oxygen atoms in total. The lowest BCUT2D eigenvalue weighted by Gasteiger charge is -2.20. The van der Waals surface area contributed by atoms with Crippen molar-refractivity contribution in [2.45, 2.75) is 6.54 Å². The van der Waals surface area contributed by atoms with Crippen LogP contribution in [0.2, 0.25) is 0 Å². The highest BCUT2D eigenvalue weighted by atomic mass is 16.5. The molecule has 0 spiro atoms. The van der Waals surface area contributed by atoms with E-state index in [1.54, 1.807) is 13.3 Å². The summed E-state index contributed by atoms with van der Waals surface area (Å²) < 4.78 is 5.03. The van der Waals surface area contributed by atoms with E-state index in [-0.39, 0.29) is 6.54 Å². The summed E-state index contributed by atoms with van der Waals surface area (Å²) in [6.07, 6.45) is 3.61. The zero-order chi connectivity index (χ0) is 14.4. The number of nitrogens with zero attached hydrogens (tertiary/aromatic N) is 2. The minimum Gasteiger partial charge on any atom is -0.480 e. The average Bonchev–Trinajstić information content (AvgIpc) is 2.44. The number of hydrogen-bond donors (Lipinski definition) is 1. The van der Waals surface area contributed by atoms with E-state index in [0.717, 1.165) is 16.3 Å². The Labute approximate surface area is 117 Å². The normalized spacial score (nSPS) is 11.1. The molecule has 1 N–H and O–H groups in total. The maximum atomic E-state index is 10.9. The number of ether oxygens (including phenoxy) is 1. The van der Waals surface area contributed by atoms with Crippen molar-refractivity contribution < 1.29 is 14.6 Å². The smallest absolute Gasteiger partial charge is 0.317 e. The SMILES string of the molecule is COCCN(CC(=O)O)Cc1cncc2ccccc12. The van der Waals surface area contributed by atoms with Crippen molar-refractivity contribution in [1.82, 2.24) is 9.88 Å². The predicted octanol–water partition coefficient (Wildman–Crippen LogP) is 1.77. The van der Waals surface area contributed by atoms with Crippen LogP contribution in [0.5, 0.6) is 0 Å². The molecule has 0 fully saturated rings. The molecular weight excluding hydrogens is 256 g/mol. The highest BCUT2D eigenvalue weighted by Crippen LogP contribution is 2.18. The lowest BCUT2D eigenvalue weighted by molar-refractivity contribution is -0.138. The fraction of sp³-hybridized carbons (Fsp3) is 0.333. The third-order valence-corrected chi connectivity index (χ3v) is 3.12. The molecule has 5 heteroatoms. The fourth-order valence-electron chi connectivity index (χ4n) is 2.17. The summed E-state index contributed by atoms with van der Waals surface area (Å²) in [4.78, 5) is 17.0. The number of hydrogen-bond acceptors (Lipinski definition) is 4. The van der Waals surface area contributed by atoms with Crippen molar-refractivity contribution in [3.8, 4) is 0 Å². The maximum Gasteiger partial charge on any atom is 0.317 e. The molecule has 1 heterocycles. The van der Waals surface area contributed by atoms with Crippen LogP contribution in [-0.4, -0.2) is 47.8 Å². The Balaban J connectivity index is 2.21. The number of aromatic nitrogens is 1. The third kappa shape index (κ3) is 3.76. The van der Waals surface area contributed by atoms with Crippen LogP contribution in [0.3, 0.4) is 0 Å². The van der Waals surface area contributed by atoms with Crippen LogP contribution in [-0.2, 0) is 16.1 Å². The Morgan fingerprint density at radius 1 is 1.35 bits per heavy atom. The molecule has 0 radical (unpaired) electrons. The first-order valence-corrected chi connectivity index (χ1v) is 6.45. The van der Waals surface area contributed by atoms with Crippen LogP contribution in [0.1, 0.15) is 5.56 Å². The summed E-state index contributed by atoms with van der Waals surface area (Å²) in [5.74, 6) is -0.839.